The molecule has 1 saturated carbocycles. The second-order valence-electron chi connectivity index (χ2n) is 5.23. The first-order chi connectivity index (χ1) is 7.83. The van der Waals surface area contributed by atoms with Gasteiger partial charge in [0.25, 0.3) is 0 Å². The SMILES string of the molecule is CCCCCCCCNC1CCC(O)CC1. The van der Waals surface area contributed by atoms with E-state index >= 15 is 0 Å². The Kier molecular flexibility index (Phi) is 7.87. The maximum Gasteiger partial charge on any atom is 0.0541 e. The average Bonchev–Trinajstić information content (AvgIpc) is 2.30. The first-order valence-electron chi connectivity index (χ1n) is 7.24. The molecule has 1 aliphatic carbocycles. The third kappa shape index (κ3) is 6.49. The van der Waals surface area contributed by atoms with E-state index in [1.54, 1.807) is 0 Å². The minimum atomic E-state index is -0.0212. The van der Waals surface area contributed by atoms with Crippen molar-refractivity contribution in [1.82, 2.24) is 5.32 Å². The molecule has 0 unspecified atom stereocenters. The van der Waals surface area contributed by atoms with Gasteiger partial charge in [-0.1, -0.05) is 39.0 Å². The smallest absolute Gasteiger partial charge is 0.0541 e. The molecule has 0 heterocycles. The Balaban J connectivity index is 1.84. The Morgan fingerprint density at radius 2 is 1.56 bits per heavy atom. The van der Waals surface area contributed by atoms with Crippen molar-refractivity contribution >= 4 is 0 Å². The van der Waals surface area contributed by atoms with Crippen LogP contribution in [-0.2, 0) is 0 Å². The minimum Gasteiger partial charge on any atom is -0.393 e. The number of aliphatic hydroxyl groups is 1. The van der Waals surface area contributed by atoms with Gasteiger partial charge in [0.1, 0.15) is 0 Å². The highest BCUT2D eigenvalue weighted by atomic mass is 16.3. The van der Waals surface area contributed by atoms with Crippen LogP contribution in [0.4, 0.5) is 0 Å². The average molecular weight is 227 g/mol. The molecule has 0 saturated heterocycles. The summed E-state index contributed by atoms with van der Waals surface area (Å²) in [6.07, 6.45) is 12.5. The largest absolute Gasteiger partial charge is 0.393 e. The third-order valence-corrected chi connectivity index (χ3v) is 3.66. The van der Waals surface area contributed by atoms with Crippen LogP contribution in [0.1, 0.15) is 71.1 Å². The molecule has 1 fully saturated rings. The van der Waals surface area contributed by atoms with Gasteiger partial charge in [-0.15, -0.1) is 0 Å². The van der Waals surface area contributed by atoms with Crippen LogP contribution >= 0.6 is 0 Å². The van der Waals surface area contributed by atoms with Crippen molar-refractivity contribution < 1.29 is 5.11 Å². The molecule has 0 aromatic heterocycles. The van der Waals surface area contributed by atoms with Crippen LogP contribution in [0.2, 0.25) is 0 Å². The lowest BCUT2D eigenvalue weighted by Gasteiger charge is -2.26. The molecule has 0 amide bonds. The second kappa shape index (κ2) is 9.00. The van der Waals surface area contributed by atoms with Crippen molar-refractivity contribution in [3.63, 3.8) is 0 Å². The zero-order valence-corrected chi connectivity index (χ0v) is 10.9. The fourth-order valence-corrected chi connectivity index (χ4v) is 2.49. The molecule has 0 atom stereocenters. The molecule has 0 aromatic rings. The molecule has 2 heteroatoms. The minimum absolute atomic E-state index is 0.0212. The van der Waals surface area contributed by atoms with Crippen molar-refractivity contribution in [1.29, 1.82) is 0 Å². The Hall–Kier alpha value is -0.0800. The van der Waals surface area contributed by atoms with Gasteiger partial charge in [0, 0.05) is 6.04 Å². The van der Waals surface area contributed by atoms with E-state index in [1.807, 2.05) is 0 Å². The molecule has 0 bridgehead atoms. The second-order valence-corrected chi connectivity index (χ2v) is 5.23. The van der Waals surface area contributed by atoms with Crippen LogP contribution in [0.5, 0.6) is 0 Å². The van der Waals surface area contributed by atoms with Crippen molar-refractivity contribution in [2.24, 2.45) is 0 Å². The summed E-state index contributed by atoms with van der Waals surface area (Å²) in [4.78, 5) is 0. The Morgan fingerprint density at radius 1 is 0.938 bits per heavy atom. The van der Waals surface area contributed by atoms with E-state index in [2.05, 4.69) is 12.2 Å². The molecule has 0 aromatic carbocycles. The van der Waals surface area contributed by atoms with Crippen LogP contribution in [-0.4, -0.2) is 23.8 Å². The zero-order chi connectivity index (χ0) is 11.6. The maximum absolute atomic E-state index is 9.39. The summed E-state index contributed by atoms with van der Waals surface area (Å²) in [7, 11) is 0. The van der Waals surface area contributed by atoms with E-state index < -0.39 is 0 Å². The van der Waals surface area contributed by atoms with Gasteiger partial charge < -0.3 is 10.4 Å². The monoisotopic (exact) mass is 227 g/mol. The summed E-state index contributed by atoms with van der Waals surface area (Å²) in [5.41, 5.74) is 0. The lowest BCUT2D eigenvalue weighted by Crippen LogP contribution is -2.35. The fraction of sp³-hybridized carbons (Fsp3) is 1.00. The molecule has 0 aliphatic heterocycles. The van der Waals surface area contributed by atoms with Crippen LogP contribution in [0.15, 0.2) is 0 Å². The van der Waals surface area contributed by atoms with E-state index in [9.17, 15) is 5.11 Å². The van der Waals surface area contributed by atoms with Crippen molar-refractivity contribution in [2.45, 2.75) is 83.3 Å². The highest BCUT2D eigenvalue weighted by Gasteiger charge is 2.18. The number of hydrogen-bond acceptors (Lipinski definition) is 2. The number of aliphatic hydroxyl groups excluding tert-OH is 1. The van der Waals surface area contributed by atoms with Gasteiger partial charge in [-0.25, -0.2) is 0 Å². The molecular weight excluding hydrogens is 198 g/mol. The van der Waals surface area contributed by atoms with Gasteiger partial charge in [0.15, 0.2) is 0 Å². The number of nitrogens with one attached hydrogen (secondary N) is 1. The van der Waals surface area contributed by atoms with Crippen molar-refractivity contribution in [3.05, 3.63) is 0 Å². The molecule has 0 spiro atoms. The van der Waals surface area contributed by atoms with Crippen LogP contribution < -0.4 is 5.32 Å². The highest BCUT2D eigenvalue weighted by Crippen LogP contribution is 2.18. The lowest BCUT2D eigenvalue weighted by atomic mass is 9.93. The Labute approximate surface area is 101 Å². The summed E-state index contributed by atoms with van der Waals surface area (Å²) in [5, 5.41) is 13.0. The summed E-state index contributed by atoms with van der Waals surface area (Å²) < 4.78 is 0. The van der Waals surface area contributed by atoms with Gasteiger partial charge in [0.05, 0.1) is 6.10 Å². The zero-order valence-electron chi connectivity index (χ0n) is 10.9. The Bertz CT molecular complexity index is 153. The van der Waals surface area contributed by atoms with Crippen LogP contribution in [0.25, 0.3) is 0 Å². The first-order valence-corrected chi connectivity index (χ1v) is 7.24. The fourth-order valence-electron chi connectivity index (χ4n) is 2.49. The number of unbranched alkanes of at least 4 members (excludes halogenated alkanes) is 5. The van der Waals surface area contributed by atoms with E-state index in [1.165, 1.54) is 45.1 Å². The standard InChI is InChI=1S/C14H29NO/c1-2-3-4-5-6-7-12-15-13-8-10-14(16)11-9-13/h13-16H,2-12H2,1H3. The predicted molar refractivity (Wildman–Crippen MR) is 69.6 cm³/mol. The molecular formula is C14H29NO. The maximum atomic E-state index is 9.39. The number of hydrogen-bond donors (Lipinski definition) is 2. The molecule has 1 rings (SSSR count). The van der Waals surface area contributed by atoms with Crippen LogP contribution in [0.3, 0.4) is 0 Å². The summed E-state index contributed by atoms with van der Waals surface area (Å²) >= 11 is 0. The summed E-state index contributed by atoms with van der Waals surface area (Å²) in [6, 6.07) is 0.680. The highest BCUT2D eigenvalue weighted by molar-refractivity contribution is 4.76. The first kappa shape index (κ1) is 14.0. The molecule has 2 N–H and O–H groups in total. The Morgan fingerprint density at radius 3 is 2.25 bits per heavy atom. The number of rotatable bonds is 8. The normalized spacial score (nSPS) is 25.9. The summed E-state index contributed by atoms with van der Waals surface area (Å²) in [5.74, 6) is 0. The van der Waals surface area contributed by atoms with Gasteiger partial charge >= 0.3 is 0 Å². The van der Waals surface area contributed by atoms with E-state index in [0.29, 0.717) is 6.04 Å². The molecule has 96 valence electrons. The van der Waals surface area contributed by atoms with E-state index in [0.717, 1.165) is 25.7 Å². The van der Waals surface area contributed by atoms with Gasteiger partial charge in [-0.05, 0) is 38.6 Å². The van der Waals surface area contributed by atoms with E-state index in [-0.39, 0.29) is 6.10 Å². The molecule has 2 nitrogen and oxygen atoms in total. The van der Waals surface area contributed by atoms with Crippen molar-refractivity contribution in [3.8, 4) is 0 Å². The predicted octanol–water partition coefficient (Wildman–Crippen LogP) is 3.24. The summed E-state index contributed by atoms with van der Waals surface area (Å²) in [6.45, 7) is 3.44. The van der Waals surface area contributed by atoms with Gasteiger partial charge in [-0.3, -0.25) is 0 Å². The van der Waals surface area contributed by atoms with Crippen molar-refractivity contribution in [2.75, 3.05) is 6.54 Å². The third-order valence-electron chi connectivity index (χ3n) is 3.66. The molecule has 16 heavy (non-hydrogen) atoms. The lowest BCUT2D eigenvalue weighted by molar-refractivity contribution is 0.117. The van der Waals surface area contributed by atoms with E-state index in [4.69, 9.17) is 0 Å². The molecule has 1 aliphatic rings. The topological polar surface area (TPSA) is 32.3 Å². The van der Waals surface area contributed by atoms with Crippen LogP contribution in [0, 0.1) is 0 Å². The van der Waals surface area contributed by atoms with Gasteiger partial charge in [-0.2, -0.15) is 0 Å². The van der Waals surface area contributed by atoms with Gasteiger partial charge in [0.2, 0.25) is 0 Å². The quantitative estimate of drug-likeness (QED) is 0.624. The molecule has 0 radical (unpaired) electrons.